The first-order valence-electron chi connectivity index (χ1n) is 5.54. The van der Waals surface area contributed by atoms with Crippen LogP contribution in [0.2, 0.25) is 0 Å². The van der Waals surface area contributed by atoms with Gasteiger partial charge in [0.25, 0.3) is 0 Å². The standard InChI is InChI=1S/C11H13BFNO4/c1-7-4-9(13)10(14(15)16)5-8(7)12-17-6-11(2,3)18-12/h4-5H,6H2,1-3H3. The van der Waals surface area contributed by atoms with Gasteiger partial charge in [0.1, 0.15) is 0 Å². The van der Waals surface area contributed by atoms with Gasteiger partial charge in [-0.3, -0.25) is 10.1 Å². The minimum atomic E-state index is -0.849. The number of rotatable bonds is 2. The molecule has 0 atom stereocenters. The van der Waals surface area contributed by atoms with Gasteiger partial charge in [0.05, 0.1) is 17.1 Å². The number of halogens is 1. The molecule has 96 valence electrons. The van der Waals surface area contributed by atoms with E-state index in [2.05, 4.69) is 0 Å². The zero-order valence-corrected chi connectivity index (χ0v) is 10.4. The highest BCUT2D eigenvalue weighted by Crippen LogP contribution is 2.23. The Morgan fingerprint density at radius 3 is 2.67 bits per heavy atom. The van der Waals surface area contributed by atoms with Gasteiger partial charge < -0.3 is 9.31 Å². The number of benzene rings is 1. The lowest BCUT2D eigenvalue weighted by Crippen LogP contribution is -2.36. The topological polar surface area (TPSA) is 61.6 Å². The van der Waals surface area contributed by atoms with Crippen LogP contribution in [0.4, 0.5) is 10.1 Å². The van der Waals surface area contributed by atoms with Crippen molar-refractivity contribution in [3.63, 3.8) is 0 Å². The molecule has 0 saturated carbocycles. The van der Waals surface area contributed by atoms with Crippen LogP contribution < -0.4 is 5.46 Å². The fourth-order valence-electron chi connectivity index (χ4n) is 1.86. The predicted octanol–water partition coefficient (Wildman–Crippen LogP) is 1.56. The largest absolute Gasteiger partial charge is 0.494 e. The van der Waals surface area contributed by atoms with Crippen LogP contribution in [-0.4, -0.2) is 24.2 Å². The molecule has 0 radical (unpaired) electrons. The van der Waals surface area contributed by atoms with Crippen LogP contribution in [0.1, 0.15) is 19.4 Å². The van der Waals surface area contributed by atoms with Gasteiger partial charge in [0.2, 0.25) is 5.82 Å². The summed E-state index contributed by atoms with van der Waals surface area (Å²) in [6.45, 7) is 5.78. The molecular formula is C11H13BFNO4. The molecule has 2 rings (SSSR count). The third kappa shape index (κ3) is 2.37. The lowest BCUT2D eigenvalue weighted by molar-refractivity contribution is -0.387. The summed E-state index contributed by atoms with van der Waals surface area (Å²) >= 11 is 0. The van der Waals surface area contributed by atoms with Crippen LogP contribution in [0.15, 0.2) is 12.1 Å². The van der Waals surface area contributed by atoms with E-state index >= 15 is 0 Å². The Morgan fingerprint density at radius 2 is 2.17 bits per heavy atom. The maximum absolute atomic E-state index is 13.4. The lowest BCUT2D eigenvalue weighted by Gasteiger charge is -2.16. The molecule has 1 aliphatic rings. The number of nitro groups is 1. The molecule has 1 heterocycles. The van der Waals surface area contributed by atoms with E-state index in [0.29, 0.717) is 17.6 Å². The van der Waals surface area contributed by atoms with Gasteiger partial charge in [-0.25, -0.2) is 0 Å². The van der Waals surface area contributed by atoms with E-state index in [1.165, 1.54) is 6.07 Å². The van der Waals surface area contributed by atoms with Gasteiger partial charge in [0, 0.05) is 6.07 Å². The van der Waals surface area contributed by atoms with Crippen molar-refractivity contribution in [3.05, 3.63) is 33.6 Å². The molecule has 1 aromatic rings. The zero-order valence-electron chi connectivity index (χ0n) is 10.4. The Kier molecular flexibility index (Phi) is 3.12. The number of hydrogen-bond donors (Lipinski definition) is 0. The van der Waals surface area contributed by atoms with Crippen LogP contribution >= 0.6 is 0 Å². The highest BCUT2D eigenvalue weighted by atomic mass is 19.1. The smallest absolute Gasteiger partial charge is 0.404 e. The van der Waals surface area contributed by atoms with E-state index in [9.17, 15) is 14.5 Å². The van der Waals surface area contributed by atoms with Gasteiger partial charge >= 0.3 is 12.8 Å². The molecule has 1 aromatic carbocycles. The highest BCUT2D eigenvalue weighted by Gasteiger charge is 2.40. The molecule has 1 fully saturated rings. The number of nitrogens with zero attached hydrogens (tertiary/aromatic N) is 1. The van der Waals surface area contributed by atoms with E-state index < -0.39 is 29.1 Å². The average Bonchev–Trinajstić information content (AvgIpc) is 2.58. The quantitative estimate of drug-likeness (QED) is 0.456. The monoisotopic (exact) mass is 253 g/mol. The predicted molar refractivity (Wildman–Crippen MR) is 64.3 cm³/mol. The summed E-state index contributed by atoms with van der Waals surface area (Å²) in [4.78, 5) is 9.96. The van der Waals surface area contributed by atoms with E-state index in [-0.39, 0.29) is 0 Å². The molecule has 0 amide bonds. The molecule has 5 nitrogen and oxygen atoms in total. The number of hydrogen-bond acceptors (Lipinski definition) is 4. The van der Waals surface area contributed by atoms with Crippen LogP contribution in [-0.2, 0) is 9.31 Å². The normalized spacial score (nSPS) is 18.1. The second kappa shape index (κ2) is 4.33. The molecule has 7 heteroatoms. The maximum atomic E-state index is 13.4. The van der Waals surface area contributed by atoms with Gasteiger partial charge in [0.15, 0.2) is 0 Å². The van der Waals surface area contributed by atoms with Gasteiger partial charge in [-0.15, -0.1) is 0 Å². The average molecular weight is 253 g/mol. The molecule has 0 aliphatic carbocycles. The van der Waals surface area contributed by atoms with Crippen LogP contribution in [0.25, 0.3) is 0 Å². The third-order valence-electron chi connectivity index (χ3n) is 2.79. The first kappa shape index (κ1) is 13.0. The fraction of sp³-hybridized carbons (Fsp3) is 0.455. The SMILES string of the molecule is Cc1cc(F)c([N+](=O)[O-])cc1B1OCC(C)(C)O1. The second-order valence-corrected chi connectivity index (χ2v) is 4.94. The Hall–Kier alpha value is -1.47. The van der Waals surface area contributed by atoms with Crippen LogP contribution in [0.3, 0.4) is 0 Å². The van der Waals surface area contributed by atoms with Crippen molar-refractivity contribution in [1.82, 2.24) is 0 Å². The Labute approximate surface area is 104 Å². The lowest BCUT2D eigenvalue weighted by atomic mass is 9.76. The molecule has 1 saturated heterocycles. The molecule has 1 aliphatic heterocycles. The summed E-state index contributed by atoms with van der Waals surface area (Å²) in [6, 6.07) is 2.31. The van der Waals surface area contributed by atoms with Crippen molar-refractivity contribution in [1.29, 1.82) is 0 Å². The summed E-state index contributed by atoms with van der Waals surface area (Å²) in [7, 11) is -0.681. The maximum Gasteiger partial charge on any atom is 0.494 e. The minimum absolute atomic E-state index is 0.391. The van der Waals surface area contributed by atoms with Crippen molar-refractivity contribution >= 4 is 18.3 Å². The summed E-state index contributed by atoms with van der Waals surface area (Å²) < 4.78 is 24.5. The Morgan fingerprint density at radius 1 is 1.50 bits per heavy atom. The number of aryl methyl sites for hydroxylation is 1. The van der Waals surface area contributed by atoms with Gasteiger partial charge in [-0.05, 0) is 37.9 Å². The zero-order chi connectivity index (χ0) is 13.5. The molecule has 0 N–H and O–H groups in total. The van der Waals surface area contributed by atoms with Crippen LogP contribution in [0, 0.1) is 22.9 Å². The third-order valence-corrected chi connectivity index (χ3v) is 2.79. The molecule has 0 unspecified atom stereocenters. The Bertz CT molecular complexity index is 506. The van der Waals surface area contributed by atoms with Crippen LogP contribution in [0.5, 0.6) is 0 Å². The van der Waals surface area contributed by atoms with Crippen molar-refractivity contribution in [2.75, 3.05) is 6.61 Å². The fourth-order valence-corrected chi connectivity index (χ4v) is 1.86. The highest BCUT2D eigenvalue weighted by molar-refractivity contribution is 6.62. The second-order valence-electron chi connectivity index (χ2n) is 4.94. The number of nitro benzene ring substituents is 1. The van der Waals surface area contributed by atoms with Crippen molar-refractivity contribution in [2.45, 2.75) is 26.4 Å². The minimum Gasteiger partial charge on any atom is -0.404 e. The van der Waals surface area contributed by atoms with E-state index in [0.717, 1.165) is 6.07 Å². The summed E-state index contributed by atoms with van der Waals surface area (Å²) in [5, 5.41) is 10.7. The van der Waals surface area contributed by atoms with E-state index in [4.69, 9.17) is 9.31 Å². The van der Waals surface area contributed by atoms with Crippen molar-refractivity contribution in [2.24, 2.45) is 0 Å². The van der Waals surface area contributed by atoms with E-state index in [1.54, 1.807) is 6.92 Å². The van der Waals surface area contributed by atoms with Crippen molar-refractivity contribution < 1.29 is 18.6 Å². The Balaban J connectivity index is 2.39. The molecular weight excluding hydrogens is 240 g/mol. The molecule has 0 aromatic heterocycles. The first-order chi connectivity index (χ1) is 8.30. The van der Waals surface area contributed by atoms with E-state index in [1.807, 2.05) is 13.8 Å². The van der Waals surface area contributed by atoms with Gasteiger partial charge in [-0.2, -0.15) is 4.39 Å². The van der Waals surface area contributed by atoms with Crippen molar-refractivity contribution in [3.8, 4) is 0 Å². The summed E-state index contributed by atoms with van der Waals surface area (Å²) in [5.41, 5.74) is 0.0577. The molecule has 0 bridgehead atoms. The molecule has 0 spiro atoms. The molecule has 18 heavy (non-hydrogen) atoms. The first-order valence-corrected chi connectivity index (χ1v) is 5.54. The van der Waals surface area contributed by atoms with Gasteiger partial charge in [-0.1, -0.05) is 0 Å². The summed E-state index contributed by atoms with van der Waals surface area (Å²) in [5.74, 6) is -0.849. The summed E-state index contributed by atoms with van der Waals surface area (Å²) in [6.07, 6.45) is 0.